The largest absolute Gasteiger partial charge is 0.465 e. The van der Waals surface area contributed by atoms with Crippen molar-refractivity contribution in [2.45, 2.75) is 58.6 Å². The van der Waals surface area contributed by atoms with Crippen molar-refractivity contribution in [1.29, 1.82) is 0 Å². The lowest BCUT2D eigenvalue weighted by atomic mass is 10.2. The molecule has 2 heterocycles. The van der Waals surface area contributed by atoms with E-state index in [0.29, 0.717) is 13.1 Å². The van der Waals surface area contributed by atoms with Crippen molar-refractivity contribution in [3.63, 3.8) is 0 Å². The summed E-state index contributed by atoms with van der Waals surface area (Å²) < 4.78 is 11.1. The van der Waals surface area contributed by atoms with Gasteiger partial charge in [-0.05, 0) is 72.2 Å². The van der Waals surface area contributed by atoms with Crippen molar-refractivity contribution >= 4 is 36.0 Å². The number of nitrogens with one attached hydrogen (secondary N) is 3. The molecule has 1 atom stereocenters. The molecule has 1 fully saturated rings. The Kier molecular flexibility index (Phi) is 11.5. The number of likely N-dealkylation sites (tertiary alicyclic amines) is 1. The van der Waals surface area contributed by atoms with Gasteiger partial charge in [0.2, 0.25) is 0 Å². The molecule has 2 rings (SSSR count). The number of aryl methyl sites for hydroxylation is 1. The van der Waals surface area contributed by atoms with Gasteiger partial charge in [-0.15, -0.1) is 24.0 Å². The van der Waals surface area contributed by atoms with Crippen molar-refractivity contribution in [3.05, 3.63) is 23.7 Å². The number of hydrogen-bond donors (Lipinski definition) is 3. The van der Waals surface area contributed by atoms with Crippen LogP contribution < -0.4 is 16.0 Å². The van der Waals surface area contributed by atoms with Crippen LogP contribution in [0.1, 0.15) is 57.6 Å². The fourth-order valence-corrected chi connectivity index (χ4v) is 3.31. The molecular weight excluding hydrogens is 497 g/mol. The van der Waals surface area contributed by atoms with Crippen LogP contribution in [0.4, 0.5) is 4.79 Å². The van der Waals surface area contributed by atoms with Gasteiger partial charge in [-0.3, -0.25) is 9.89 Å². The van der Waals surface area contributed by atoms with Crippen molar-refractivity contribution in [1.82, 2.24) is 20.9 Å². The summed E-state index contributed by atoms with van der Waals surface area (Å²) in [6.07, 6.45) is 2.84. The van der Waals surface area contributed by atoms with Crippen LogP contribution in [0, 0.1) is 6.92 Å². The summed E-state index contributed by atoms with van der Waals surface area (Å²) in [7, 11) is 1.76. The Bertz CT molecular complexity index is 666. The number of guanidine groups is 1. The molecule has 1 unspecified atom stereocenters. The second kappa shape index (κ2) is 13.0. The molecule has 1 amide bonds. The minimum Gasteiger partial charge on any atom is -0.465 e. The van der Waals surface area contributed by atoms with E-state index in [1.165, 1.54) is 12.8 Å². The van der Waals surface area contributed by atoms with Gasteiger partial charge >= 0.3 is 6.09 Å². The average molecular weight is 535 g/mol. The molecule has 8 nitrogen and oxygen atoms in total. The number of hydrogen-bond acceptors (Lipinski definition) is 5. The predicted octanol–water partition coefficient (Wildman–Crippen LogP) is 3.42. The molecule has 3 N–H and O–H groups in total. The average Bonchev–Trinajstić information content (AvgIpc) is 3.30. The summed E-state index contributed by atoms with van der Waals surface area (Å²) in [5.74, 6) is 2.67. The maximum Gasteiger partial charge on any atom is 0.407 e. The first-order valence-corrected chi connectivity index (χ1v) is 10.5. The zero-order valence-electron chi connectivity index (χ0n) is 18.9. The molecule has 9 heteroatoms. The molecule has 1 aliphatic heterocycles. The summed E-state index contributed by atoms with van der Waals surface area (Å²) >= 11 is 0. The number of furan rings is 1. The van der Waals surface area contributed by atoms with E-state index in [0.717, 1.165) is 43.5 Å². The van der Waals surface area contributed by atoms with Crippen molar-refractivity contribution in [2.24, 2.45) is 4.99 Å². The van der Waals surface area contributed by atoms with Crippen molar-refractivity contribution < 1.29 is 13.9 Å². The second-order valence-corrected chi connectivity index (χ2v) is 8.37. The van der Waals surface area contributed by atoms with Crippen LogP contribution in [0.2, 0.25) is 0 Å². The quantitative estimate of drug-likeness (QED) is 0.205. The van der Waals surface area contributed by atoms with Gasteiger partial charge < -0.3 is 25.1 Å². The van der Waals surface area contributed by atoms with E-state index >= 15 is 0 Å². The molecule has 0 spiro atoms. The van der Waals surface area contributed by atoms with Gasteiger partial charge in [-0.2, -0.15) is 0 Å². The van der Waals surface area contributed by atoms with Crippen LogP contribution in [0.15, 0.2) is 21.5 Å². The first kappa shape index (κ1) is 26.5. The Hall–Kier alpha value is -1.49. The first-order valence-electron chi connectivity index (χ1n) is 10.5. The van der Waals surface area contributed by atoms with Crippen LogP contribution in [0.5, 0.6) is 0 Å². The number of amides is 1. The molecule has 0 radical (unpaired) electrons. The van der Waals surface area contributed by atoms with E-state index in [4.69, 9.17) is 9.15 Å². The van der Waals surface area contributed by atoms with Crippen molar-refractivity contribution in [2.75, 3.05) is 39.8 Å². The monoisotopic (exact) mass is 535 g/mol. The van der Waals surface area contributed by atoms with E-state index in [9.17, 15) is 4.79 Å². The smallest absolute Gasteiger partial charge is 0.407 e. The van der Waals surface area contributed by atoms with Crippen LogP contribution in [0.3, 0.4) is 0 Å². The Labute approximate surface area is 197 Å². The number of aliphatic imine (C=N–C) groups is 1. The lowest BCUT2D eigenvalue weighted by molar-refractivity contribution is 0.0527. The minimum absolute atomic E-state index is 0. The molecule has 172 valence electrons. The third-order valence-electron chi connectivity index (χ3n) is 4.67. The topological polar surface area (TPSA) is 91.1 Å². The van der Waals surface area contributed by atoms with Crippen molar-refractivity contribution in [3.8, 4) is 0 Å². The summed E-state index contributed by atoms with van der Waals surface area (Å²) in [6.45, 7) is 11.7. The van der Waals surface area contributed by atoms with Gasteiger partial charge in [0.25, 0.3) is 0 Å². The Balaban J connectivity index is 0.00000450. The number of ether oxygens (including phenoxy) is 1. The Morgan fingerprint density at radius 2 is 1.87 bits per heavy atom. The predicted molar refractivity (Wildman–Crippen MR) is 131 cm³/mol. The Morgan fingerprint density at radius 3 is 2.43 bits per heavy atom. The highest BCUT2D eigenvalue weighted by atomic mass is 127. The highest BCUT2D eigenvalue weighted by Crippen LogP contribution is 2.26. The SMILES string of the molecule is CN=C(NCCCNC(=O)OC(C)(C)C)NCC(c1ccc(C)o1)N1CCCC1.I. The van der Waals surface area contributed by atoms with Gasteiger partial charge in [-0.1, -0.05) is 0 Å². The first-order chi connectivity index (χ1) is 13.8. The van der Waals surface area contributed by atoms with Crippen LogP contribution >= 0.6 is 24.0 Å². The number of carbonyl (C=O) groups excluding carboxylic acids is 1. The van der Waals surface area contributed by atoms with Gasteiger partial charge in [-0.25, -0.2) is 4.79 Å². The summed E-state index contributed by atoms with van der Waals surface area (Å²) in [5, 5.41) is 9.46. The summed E-state index contributed by atoms with van der Waals surface area (Å²) in [4.78, 5) is 18.4. The molecule has 1 aliphatic rings. The molecule has 0 bridgehead atoms. The zero-order chi connectivity index (χ0) is 21.3. The fraction of sp³-hybridized carbons (Fsp3) is 0.714. The fourth-order valence-electron chi connectivity index (χ4n) is 3.31. The molecule has 1 aromatic rings. The van der Waals surface area contributed by atoms with E-state index < -0.39 is 5.60 Å². The highest BCUT2D eigenvalue weighted by molar-refractivity contribution is 14.0. The zero-order valence-corrected chi connectivity index (χ0v) is 21.2. The number of nitrogens with zero attached hydrogens (tertiary/aromatic N) is 2. The van der Waals surface area contributed by atoms with Crippen LogP contribution in [-0.4, -0.2) is 62.3 Å². The molecule has 1 saturated heterocycles. The van der Waals surface area contributed by atoms with E-state index in [-0.39, 0.29) is 36.1 Å². The molecule has 0 saturated carbocycles. The van der Waals surface area contributed by atoms with E-state index in [2.05, 4.69) is 31.9 Å². The molecule has 0 aromatic carbocycles. The van der Waals surface area contributed by atoms with Crippen LogP contribution in [0.25, 0.3) is 0 Å². The maximum atomic E-state index is 11.6. The normalized spacial score (nSPS) is 16.0. The van der Waals surface area contributed by atoms with Gasteiger partial charge in [0.1, 0.15) is 17.1 Å². The number of alkyl carbamates (subject to hydrolysis) is 1. The Morgan fingerprint density at radius 1 is 1.20 bits per heavy atom. The van der Waals surface area contributed by atoms with Gasteiger partial charge in [0.15, 0.2) is 5.96 Å². The second-order valence-electron chi connectivity index (χ2n) is 8.37. The molecule has 30 heavy (non-hydrogen) atoms. The number of halogens is 1. The third kappa shape index (κ3) is 9.55. The summed E-state index contributed by atoms with van der Waals surface area (Å²) in [6, 6.07) is 4.28. The number of carbonyl (C=O) groups is 1. The lowest BCUT2D eigenvalue weighted by Crippen LogP contribution is -2.43. The van der Waals surface area contributed by atoms with E-state index in [1.807, 2.05) is 33.8 Å². The van der Waals surface area contributed by atoms with Gasteiger partial charge in [0.05, 0.1) is 6.04 Å². The summed E-state index contributed by atoms with van der Waals surface area (Å²) in [5.41, 5.74) is -0.479. The highest BCUT2D eigenvalue weighted by Gasteiger charge is 2.26. The molecule has 1 aromatic heterocycles. The molecular formula is C21H38IN5O3. The third-order valence-corrected chi connectivity index (χ3v) is 4.67. The number of rotatable bonds is 8. The molecule has 0 aliphatic carbocycles. The van der Waals surface area contributed by atoms with E-state index in [1.54, 1.807) is 7.05 Å². The van der Waals surface area contributed by atoms with Gasteiger partial charge in [0, 0.05) is 26.7 Å². The maximum absolute atomic E-state index is 11.6. The van der Waals surface area contributed by atoms with Crippen LogP contribution in [-0.2, 0) is 4.74 Å². The standard InChI is InChI=1S/C21H37N5O3.HI/c1-16-9-10-18(28-16)17(26-13-6-7-14-26)15-25-19(22-5)23-11-8-12-24-20(27)29-21(2,3)4;/h9-10,17H,6-8,11-15H2,1-5H3,(H,24,27)(H2,22,23,25);1H. The minimum atomic E-state index is -0.479. The lowest BCUT2D eigenvalue weighted by Gasteiger charge is -2.26.